The summed E-state index contributed by atoms with van der Waals surface area (Å²) in [4.78, 5) is 9.81. The molecule has 0 rings (SSSR count). The van der Waals surface area contributed by atoms with Gasteiger partial charge in [-0.1, -0.05) is 0 Å². The Labute approximate surface area is 48.5 Å². The first-order chi connectivity index (χ1) is 3.77. The topological polar surface area (TPSA) is 63.3 Å². The summed E-state index contributed by atoms with van der Waals surface area (Å²) in [7, 11) is 0. The van der Waals surface area contributed by atoms with E-state index in [4.69, 9.17) is 10.8 Å². The van der Waals surface area contributed by atoms with Gasteiger partial charge in [0.15, 0.2) is 0 Å². The van der Waals surface area contributed by atoms with Gasteiger partial charge in [0.2, 0.25) is 0 Å². The Balaban J connectivity index is 2.82. The monoisotopic (exact) mass is 116 g/mol. The first-order valence-corrected chi connectivity index (χ1v) is 2.51. The quantitative estimate of drug-likeness (QED) is 0.509. The molecule has 0 saturated carbocycles. The van der Waals surface area contributed by atoms with Crippen molar-refractivity contribution in [3.8, 4) is 0 Å². The zero-order valence-electron chi connectivity index (χ0n) is 4.63. The minimum absolute atomic E-state index is 0.192. The van der Waals surface area contributed by atoms with Crippen LogP contribution in [0.5, 0.6) is 0 Å². The average molecular weight is 116 g/mol. The van der Waals surface area contributed by atoms with Gasteiger partial charge in [-0.25, -0.2) is 0 Å². The van der Waals surface area contributed by atoms with E-state index in [0.717, 1.165) is 0 Å². The Morgan fingerprint density at radius 2 is 2.38 bits per heavy atom. The average Bonchev–Trinajstić information content (AvgIpc) is 1.66. The summed E-state index contributed by atoms with van der Waals surface area (Å²) in [6, 6.07) is 0. The molecule has 3 heteroatoms. The lowest BCUT2D eigenvalue weighted by Gasteiger charge is -1.89. The Morgan fingerprint density at radius 3 is 2.75 bits per heavy atom. The van der Waals surface area contributed by atoms with Crippen LogP contribution in [0.2, 0.25) is 0 Å². The van der Waals surface area contributed by atoms with E-state index in [9.17, 15) is 4.79 Å². The van der Waals surface area contributed by atoms with Crippen LogP contribution in [0.3, 0.4) is 0 Å². The number of carboxylic acid groups (broad SMARTS) is 1. The minimum atomic E-state index is -0.769. The number of nitrogens with two attached hydrogens (primary N) is 1. The van der Waals surface area contributed by atoms with E-state index in [0.29, 0.717) is 13.0 Å². The fraction of sp³-hybridized carbons (Fsp3) is 0.600. The van der Waals surface area contributed by atoms with E-state index in [1.165, 1.54) is 0 Å². The molecular weight excluding hydrogens is 106 g/mol. The molecule has 0 aromatic heterocycles. The van der Waals surface area contributed by atoms with Crippen molar-refractivity contribution < 1.29 is 9.90 Å². The lowest BCUT2D eigenvalue weighted by molar-refractivity contribution is -0.136. The number of aliphatic carboxylic acids is 1. The summed E-state index contributed by atoms with van der Waals surface area (Å²) in [6.07, 6.45) is 2.51. The molecule has 0 aliphatic rings. The highest BCUT2D eigenvalue weighted by Gasteiger charge is 1.93. The van der Waals surface area contributed by atoms with Crippen molar-refractivity contribution >= 4 is 5.97 Å². The molecule has 0 unspecified atom stereocenters. The molecule has 1 radical (unpaired) electrons. The van der Waals surface area contributed by atoms with E-state index in [1.807, 2.05) is 0 Å². The molecular formula is C5H10NO2. The van der Waals surface area contributed by atoms with E-state index >= 15 is 0 Å². The van der Waals surface area contributed by atoms with Gasteiger partial charge in [0.25, 0.3) is 0 Å². The lowest BCUT2D eigenvalue weighted by atomic mass is 10.2. The molecule has 0 spiro atoms. The van der Waals surface area contributed by atoms with E-state index < -0.39 is 5.97 Å². The first kappa shape index (κ1) is 7.43. The second-order valence-corrected chi connectivity index (χ2v) is 1.46. The summed E-state index contributed by atoms with van der Waals surface area (Å²) in [5, 5.41) is 8.08. The second-order valence-electron chi connectivity index (χ2n) is 1.46. The SMILES string of the molecule is NC[CH]CCC(=O)O. The zero-order chi connectivity index (χ0) is 6.41. The molecule has 0 heterocycles. The van der Waals surface area contributed by atoms with Gasteiger partial charge in [0.05, 0.1) is 0 Å². The molecule has 47 valence electrons. The van der Waals surface area contributed by atoms with Crippen molar-refractivity contribution in [2.24, 2.45) is 5.73 Å². The molecule has 0 bridgehead atoms. The molecule has 0 saturated heterocycles. The number of hydrogen-bond donors (Lipinski definition) is 2. The fourth-order valence-corrected chi connectivity index (χ4v) is 0.343. The number of carbonyl (C=O) groups is 1. The molecule has 3 N–H and O–H groups in total. The van der Waals surface area contributed by atoms with E-state index in [-0.39, 0.29) is 6.42 Å². The highest BCUT2D eigenvalue weighted by atomic mass is 16.4. The predicted octanol–water partition coefficient (Wildman–Crippen LogP) is 0.0142. The van der Waals surface area contributed by atoms with Crippen LogP contribution in [0, 0.1) is 6.42 Å². The van der Waals surface area contributed by atoms with Crippen LogP contribution >= 0.6 is 0 Å². The number of rotatable bonds is 4. The van der Waals surface area contributed by atoms with Crippen LogP contribution in [0.4, 0.5) is 0 Å². The molecule has 0 aromatic rings. The maximum atomic E-state index is 9.81. The van der Waals surface area contributed by atoms with Gasteiger partial charge >= 0.3 is 5.97 Å². The van der Waals surface area contributed by atoms with Crippen molar-refractivity contribution in [3.63, 3.8) is 0 Å². The Hall–Kier alpha value is -0.570. The maximum Gasteiger partial charge on any atom is 0.303 e. The van der Waals surface area contributed by atoms with Gasteiger partial charge in [0, 0.05) is 6.42 Å². The summed E-state index contributed by atoms with van der Waals surface area (Å²) in [5.41, 5.74) is 5.07. The van der Waals surface area contributed by atoms with Crippen molar-refractivity contribution in [1.82, 2.24) is 0 Å². The largest absolute Gasteiger partial charge is 0.481 e. The van der Waals surface area contributed by atoms with Gasteiger partial charge in [-0.3, -0.25) is 4.79 Å². The molecule has 0 aromatic carbocycles. The summed E-state index contributed by atoms with van der Waals surface area (Å²) in [6.45, 7) is 0.466. The highest BCUT2D eigenvalue weighted by Crippen LogP contribution is 1.89. The molecule has 8 heavy (non-hydrogen) atoms. The van der Waals surface area contributed by atoms with Crippen LogP contribution in [0.15, 0.2) is 0 Å². The minimum Gasteiger partial charge on any atom is -0.481 e. The molecule has 0 amide bonds. The Kier molecular flexibility index (Phi) is 4.26. The molecule has 0 fully saturated rings. The van der Waals surface area contributed by atoms with Crippen molar-refractivity contribution in [3.05, 3.63) is 6.42 Å². The number of hydrogen-bond acceptors (Lipinski definition) is 2. The number of unbranched alkanes of at least 4 members (excludes halogenated alkanes) is 1. The summed E-state index contributed by atoms with van der Waals surface area (Å²) >= 11 is 0. The number of carboxylic acids is 1. The maximum absolute atomic E-state index is 9.81. The third-order valence-electron chi connectivity index (χ3n) is 0.729. The van der Waals surface area contributed by atoms with Crippen molar-refractivity contribution in [2.45, 2.75) is 12.8 Å². The lowest BCUT2D eigenvalue weighted by Crippen LogP contribution is -2.01. The molecule has 0 aliphatic heterocycles. The third kappa shape index (κ3) is 5.43. The normalized spacial score (nSPS) is 9.12. The van der Waals surface area contributed by atoms with E-state index in [1.54, 1.807) is 6.42 Å². The predicted molar refractivity (Wildman–Crippen MR) is 30.2 cm³/mol. The Bertz CT molecular complexity index is 72.8. The van der Waals surface area contributed by atoms with Gasteiger partial charge < -0.3 is 10.8 Å². The second kappa shape index (κ2) is 4.59. The van der Waals surface area contributed by atoms with E-state index in [2.05, 4.69) is 0 Å². The fourth-order valence-electron chi connectivity index (χ4n) is 0.343. The molecule has 0 atom stereocenters. The van der Waals surface area contributed by atoms with Crippen LogP contribution in [0.1, 0.15) is 12.8 Å². The molecule has 3 nitrogen and oxygen atoms in total. The van der Waals surface area contributed by atoms with Crippen molar-refractivity contribution in [1.29, 1.82) is 0 Å². The summed E-state index contributed by atoms with van der Waals surface area (Å²) < 4.78 is 0. The highest BCUT2D eigenvalue weighted by molar-refractivity contribution is 5.66. The van der Waals surface area contributed by atoms with Crippen LogP contribution in [-0.4, -0.2) is 17.6 Å². The van der Waals surface area contributed by atoms with Gasteiger partial charge in [-0.15, -0.1) is 0 Å². The van der Waals surface area contributed by atoms with Crippen LogP contribution in [-0.2, 0) is 4.79 Å². The van der Waals surface area contributed by atoms with Gasteiger partial charge in [-0.2, -0.15) is 0 Å². The van der Waals surface area contributed by atoms with Crippen LogP contribution in [0.25, 0.3) is 0 Å². The first-order valence-electron chi connectivity index (χ1n) is 2.51. The van der Waals surface area contributed by atoms with Gasteiger partial charge in [0.1, 0.15) is 0 Å². The summed E-state index contributed by atoms with van der Waals surface area (Å²) in [5.74, 6) is -0.769. The van der Waals surface area contributed by atoms with Crippen molar-refractivity contribution in [2.75, 3.05) is 6.54 Å². The zero-order valence-corrected chi connectivity index (χ0v) is 4.63. The Morgan fingerprint density at radius 1 is 1.75 bits per heavy atom. The van der Waals surface area contributed by atoms with Crippen LogP contribution < -0.4 is 5.73 Å². The standard InChI is InChI=1S/C5H10NO2/c6-4-2-1-3-5(7)8/h2H,1,3-4,6H2,(H,7,8). The van der Waals surface area contributed by atoms with Gasteiger partial charge in [-0.05, 0) is 19.4 Å². The third-order valence-corrected chi connectivity index (χ3v) is 0.729. The molecule has 0 aliphatic carbocycles. The smallest absolute Gasteiger partial charge is 0.303 e.